The van der Waals surface area contributed by atoms with E-state index in [-0.39, 0.29) is 17.4 Å². The Labute approximate surface area is 224 Å². The zero-order chi connectivity index (χ0) is 27.3. The van der Waals surface area contributed by atoms with Crippen molar-refractivity contribution < 1.29 is 9.53 Å². The zero-order valence-corrected chi connectivity index (χ0v) is 23.1. The number of carbonyl (C=O) groups is 1. The molecule has 1 aromatic heterocycles. The minimum atomic E-state index is -0.223. The van der Waals surface area contributed by atoms with Crippen LogP contribution in [0, 0.1) is 12.3 Å². The van der Waals surface area contributed by atoms with Crippen molar-refractivity contribution in [2.75, 3.05) is 54.6 Å². The number of amides is 1. The van der Waals surface area contributed by atoms with Gasteiger partial charge in [-0.25, -0.2) is 0 Å². The summed E-state index contributed by atoms with van der Waals surface area (Å²) in [5.74, 6) is 1.97. The van der Waals surface area contributed by atoms with E-state index < -0.39 is 0 Å². The number of rotatable bonds is 9. The van der Waals surface area contributed by atoms with Crippen molar-refractivity contribution >= 4 is 35.1 Å². The summed E-state index contributed by atoms with van der Waals surface area (Å²) in [6.45, 7) is 11.1. The Morgan fingerprint density at radius 3 is 2.63 bits per heavy atom. The van der Waals surface area contributed by atoms with Crippen molar-refractivity contribution in [3.8, 4) is 5.75 Å². The van der Waals surface area contributed by atoms with Crippen LogP contribution in [-0.4, -0.2) is 60.7 Å². The standard InChI is InChI=1S/C28H38N8O2/c1-18-10-11-19(24(37)30-20-8-7-9-22(15-20)38-6)14-23(18)32-26-33-25(31-21-12-13-29-16-21)34-27(35-26)36(5)17-28(2,3)4/h7-11,14-15,21,29H,12-13,16-17H2,1-6H3,(H,30,37)(H2,31,32,33,34,35)/t21-/m1/s1. The molecule has 10 nitrogen and oxygen atoms in total. The van der Waals surface area contributed by atoms with Gasteiger partial charge in [0.15, 0.2) is 0 Å². The average Bonchev–Trinajstić information content (AvgIpc) is 3.37. The first-order valence-electron chi connectivity index (χ1n) is 12.9. The molecule has 1 fully saturated rings. The largest absolute Gasteiger partial charge is 0.497 e. The lowest BCUT2D eigenvalue weighted by atomic mass is 9.96. The number of carbonyl (C=O) groups excluding carboxylic acids is 1. The summed E-state index contributed by atoms with van der Waals surface area (Å²) in [7, 11) is 3.58. The molecule has 0 spiro atoms. The van der Waals surface area contributed by atoms with Gasteiger partial charge >= 0.3 is 0 Å². The Morgan fingerprint density at radius 1 is 1.13 bits per heavy atom. The first-order chi connectivity index (χ1) is 18.1. The first-order valence-corrected chi connectivity index (χ1v) is 12.9. The Kier molecular flexibility index (Phi) is 8.31. The number of aromatic nitrogens is 3. The summed E-state index contributed by atoms with van der Waals surface area (Å²) in [6, 6.07) is 13.0. The minimum absolute atomic E-state index is 0.0684. The maximum absolute atomic E-state index is 13.0. The van der Waals surface area contributed by atoms with Crippen LogP contribution in [0.5, 0.6) is 5.75 Å². The highest BCUT2D eigenvalue weighted by Crippen LogP contribution is 2.25. The highest BCUT2D eigenvalue weighted by Gasteiger charge is 2.20. The fourth-order valence-electron chi connectivity index (χ4n) is 4.32. The highest BCUT2D eigenvalue weighted by atomic mass is 16.5. The number of hydrogen-bond acceptors (Lipinski definition) is 9. The van der Waals surface area contributed by atoms with Crippen LogP contribution in [0.2, 0.25) is 0 Å². The molecule has 0 radical (unpaired) electrons. The van der Waals surface area contributed by atoms with Crippen LogP contribution >= 0.6 is 0 Å². The van der Waals surface area contributed by atoms with Gasteiger partial charge in [-0.05, 0) is 55.1 Å². The van der Waals surface area contributed by atoms with E-state index in [0.717, 1.165) is 37.3 Å². The predicted molar refractivity (Wildman–Crippen MR) is 153 cm³/mol. The molecule has 10 heteroatoms. The third-order valence-electron chi connectivity index (χ3n) is 6.14. The molecule has 0 unspecified atom stereocenters. The monoisotopic (exact) mass is 518 g/mol. The molecular formula is C28H38N8O2. The Balaban J connectivity index is 1.59. The fraction of sp³-hybridized carbons (Fsp3) is 0.429. The maximum Gasteiger partial charge on any atom is 0.255 e. The molecule has 0 saturated carbocycles. The third-order valence-corrected chi connectivity index (χ3v) is 6.14. The number of nitrogens with zero attached hydrogens (tertiary/aromatic N) is 4. The molecule has 1 saturated heterocycles. The summed E-state index contributed by atoms with van der Waals surface area (Å²) in [4.78, 5) is 29.1. The second kappa shape index (κ2) is 11.6. The van der Waals surface area contributed by atoms with E-state index in [2.05, 4.69) is 47.0 Å². The Bertz CT molecular complexity index is 1270. The van der Waals surface area contributed by atoms with E-state index >= 15 is 0 Å². The van der Waals surface area contributed by atoms with Gasteiger partial charge in [0.1, 0.15) is 5.75 Å². The third kappa shape index (κ3) is 7.32. The molecule has 1 amide bonds. The van der Waals surface area contributed by atoms with Crippen molar-refractivity contribution in [2.24, 2.45) is 5.41 Å². The van der Waals surface area contributed by atoms with Crippen molar-refractivity contribution in [1.29, 1.82) is 0 Å². The van der Waals surface area contributed by atoms with E-state index in [1.807, 2.05) is 43.1 Å². The second-order valence-electron chi connectivity index (χ2n) is 10.9. The van der Waals surface area contributed by atoms with Crippen molar-refractivity contribution in [3.63, 3.8) is 0 Å². The molecule has 1 atom stereocenters. The molecule has 2 heterocycles. The van der Waals surface area contributed by atoms with Gasteiger partial charge in [0.2, 0.25) is 17.8 Å². The van der Waals surface area contributed by atoms with E-state index in [4.69, 9.17) is 14.7 Å². The predicted octanol–water partition coefficient (Wildman–Crippen LogP) is 4.44. The van der Waals surface area contributed by atoms with Gasteiger partial charge in [-0.1, -0.05) is 32.9 Å². The normalized spacial score (nSPS) is 15.2. The fourth-order valence-corrected chi connectivity index (χ4v) is 4.32. The van der Waals surface area contributed by atoms with Gasteiger partial charge in [-0.3, -0.25) is 4.79 Å². The lowest BCUT2D eigenvalue weighted by molar-refractivity contribution is 0.102. The van der Waals surface area contributed by atoms with Gasteiger partial charge in [-0.2, -0.15) is 15.0 Å². The minimum Gasteiger partial charge on any atom is -0.497 e. The SMILES string of the molecule is COc1cccc(NC(=O)c2ccc(C)c(Nc3nc(N[C@@H]4CCNC4)nc(N(C)CC(C)(C)C)n3)c2)c1. The highest BCUT2D eigenvalue weighted by molar-refractivity contribution is 6.05. The molecule has 202 valence electrons. The summed E-state index contributed by atoms with van der Waals surface area (Å²) >= 11 is 0. The molecule has 4 N–H and O–H groups in total. The number of aryl methyl sites for hydroxylation is 1. The Morgan fingerprint density at radius 2 is 1.92 bits per heavy atom. The zero-order valence-electron chi connectivity index (χ0n) is 23.1. The summed E-state index contributed by atoms with van der Waals surface area (Å²) in [6.07, 6.45) is 1.01. The number of anilines is 5. The number of benzene rings is 2. The summed E-state index contributed by atoms with van der Waals surface area (Å²) < 4.78 is 5.26. The van der Waals surface area contributed by atoms with E-state index in [1.54, 1.807) is 25.3 Å². The topological polar surface area (TPSA) is 116 Å². The van der Waals surface area contributed by atoms with Gasteiger partial charge in [0, 0.05) is 49.2 Å². The van der Waals surface area contributed by atoms with Gasteiger partial charge < -0.3 is 30.9 Å². The molecule has 0 bridgehead atoms. The number of nitrogens with one attached hydrogen (secondary N) is 4. The quantitative estimate of drug-likeness (QED) is 0.326. The van der Waals surface area contributed by atoms with Crippen molar-refractivity contribution in [3.05, 3.63) is 53.6 Å². The van der Waals surface area contributed by atoms with Crippen LogP contribution < -0.4 is 30.9 Å². The lowest BCUT2D eigenvalue weighted by Gasteiger charge is -2.27. The molecule has 1 aliphatic heterocycles. The smallest absolute Gasteiger partial charge is 0.255 e. The molecule has 38 heavy (non-hydrogen) atoms. The number of hydrogen-bond donors (Lipinski definition) is 4. The van der Waals surface area contributed by atoms with Crippen LogP contribution in [0.1, 0.15) is 43.1 Å². The number of methoxy groups -OCH3 is 1. The van der Waals surface area contributed by atoms with Gasteiger partial charge in [-0.15, -0.1) is 0 Å². The van der Waals surface area contributed by atoms with E-state index in [1.165, 1.54) is 0 Å². The van der Waals surface area contributed by atoms with Crippen molar-refractivity contribution in [2.45, 2.75) is 40.2 Å². The van der Waals surface area contributed by atoms with Gasteiger partial charge in [0.25, 0.3) is 5.91 Å². The molecule has 1 aliphatic rings. The molecule has 4 rings (SSSR count). The Hall–Kier alpha value is -3.92. The van der Waals surface area contributed by atoms with Crippen LogP contribution in [0.15, 0.2) is 42.5 Å². The van der Waals surface area contributed by atoms with E-state index in [9.17, 15) is 4.79 Å². The van der Waals surface area contributed by atoms with Gasteiger partial charge in [0.05, 0.1) is 7.11 Å². The van der Waals surface area contributed by atoms with Crippen LogP contribution in [0.25, 0.3) is 0 Å². The summed E-state index contributed by atoms with van der Waals surface area (Å²) in [5, 5.41) is 13.1. The van der Waals surface area contributed by atoms with Crippen LogP contribution in [-0.2, 0) is 0 Å². The molecular weight excluding hydrogens is 480 g/mol. The molecule has 2 aromatic carbocycles. The lowest BCUT2D eigenvalue weighted by Crippen LogP contribution is -2.31. The maximum atomic E-state index is 13.0. The van der Waals surface area contributed by atoms with Crippen LogP contribution in [0.4, 0.5) is 29.2 Å². The van der Waals surface area contributed by atoms with Crippen molar-refractivity contribution in [1.82, 2.24) is 20.3 Å². The first kappa shape index (κ1) is 27.1. The van der Waals surface area contributed by atoms with Crippen LogP contribution in [0.3, 0.4) is 0 Å². The number of ether oxygens (including phenoxy) is 1. The summed E-state index contributed by atoms with van der Waals surface area (Å²) in [5.41, 5.74) is 2.94. The molecule has 0 aliphatic carbocycles. The molecule has 3 aromatic rings. The average molecular weight is 519 g/mol. The second-order valence-corrected chi connectivity index (χ2v) is 10.9. The van der Waals surface area contributed by atoms with E-state index in [0.29, 0.717) is 34.8 Å².